The number of benzene rings is 1. The Morgan fingerprint density at radius 2 is 1.71 bits per heavy atom. The van der Waals surface area contributed by atoms with Crippen LogP contribution < -0.4 is 13.9 Å². The third-order valence-electron chi connectivity index (χ3n) is 5.58. The molecule has 5 nitrogen and oxygen atoms in total. The van der Waals surface area contributed by atoms with Crippen LogP contribution in [-0.2, 0) is 16.6 Å². The molecule has 132 valence electrons. The van der Waals surface area contributed by atoms with E-state index in [1.165, 1.54) is 12.8 Å². The number of hydrogen-bond acceptors (Lipinski definition) is 3. The van der Waals surface area contributed by atoms with Crippen molar-refractivity contribution in [2.24, 2.45) is 0 Å². The van der Waals surface area contributed by atoms with Crippen molar-refractivity contribution in [2.45, 2.75) is 57.4 Å². The van der Waals surface area contributed by atoms with Gasteiger partial charge in [-0.2, -0.15) is 13.1 Å². The van der Waals surface area contributed by atoms with E-state index < -0.39 is 10.2 Å². The molecule has 4 rings (SSSR count). The molecule has 0 atom stereocenters. The Morgan fingerprint density at radius 3 is 2.46 bits per heavy atom. The molecule has 24 heavy (non-hydrogen) atoms. The van der Waals surface area contributed by atoms with Crippen LogP contribution in [0.3, 0.4) is 0 Å². The number of rotatable bonds is 4. The molecule has 1 saturated heterocycles. The number of anilines is 2. The molecular formula is C18H27N3O2S. The maximum atomic E-state index is 12.9. The Hall–Kier alpha value is -1.27. The van der Waals surface area contributed by atoms with Crippen molar-refractivity contribution in [3.8, 4) is 0 Å². The van der Waals surface area contributed by atoms with Crippen molar-refractivity contribution in [1.82, 2.24) is 4.72 Å². The number of hydrogen-bond donors (Lipinski definition) is 1. The third-order valence-corrected chi connectivity index (χ3v) is 7.17. The minimum absolute atomic E-state index is 0.113. The third kappa shape index (κ3) is 3.14. The normalized spacial score (nSPS) is 22.2. The van der Waals surface area contributed by atoms with E-state index in [1.807, 2.05) is 0 Å². The topological polar surface area (TPSA) is 52.7 Å². The van der Waals surface area contributed by atoms with Crippen LogP contribution in [0.25, 0.3) is 0 Å². The van der Waals surface area contributed by atoms with Gasteiger partial charge in [0.2, 0.25) is 0 Å². The van der Waals surface area contributed by atoms with Crippen LogP contribution in [0, 0.1) is 0 Å². The standard InChI is InChI=1S/C18H27N3O2S/c22-24(23,19-16-7-1-2-8-16)21-13-5-6-15-9-10-17(14-18(15)21)20-11-3-4-12-20/h9-10,14,16,19H,1-8,11-13H2. The van der Waals surface area contributed by atoms with E-state index >= 15 is 0 Å². The van der Waals surface area contributed by atoms with Crippen LogP contribution in [0.15, 0.2) is 18.2 Å². The lowest BCUT2D eigenvalue weighted by molar-refractivity contribution is 0.544. The molecule has 0 unspecified atom stereocenters. The number of aryl methyl sites for hydroxylation is 1. The zero-order chi connectivity index (χ0) is 16.6. The molecule has 2 heterocycles. The molecule has 6 heteroatoms. The van der Waals surface area contributed by atoms with Gasteiger partial charge in [-0.25, -0.2) is 0 Å². The second kappa shape index (κ2) is 6.56. The zero-order valence-corrected chi connectivity index (χ0v) is 15.0. The van der Waals surface area contributed by atoms with E-state index in [2.05, 4.69) is 27.8 Å². The summed E-state index contributed by atoms with van der Waals surface area (Å²) >= 11 is 0. The Bertz CT molecular complexity index is 692. The Labute approximate surface area is 145 Å². The summed E-state index contributed by atoms with van der Waals surface area (Å²) in [6.07, 6.45) is 8.49. The van der Waals surface area contributed by atoms with Gasteiger partial charge in [0.25, 0.3) is 0 Å². The SMILES string of the molecule is O=S(=O)(NC1CCCC1)N1CCCc2ccc(N3CCCC3)cc21. The minimum atomic E-state index is -3.46. The maximum Gasteiger partial charge on any atom is 0.301 e. The molecule has 0 radical (unpaired) electrons. The summed E-state index contributed by atoms with van der Waals surface area (Å²) in [5.74, 6) is 0. The molecule has 0 bridgehead atoms. The summed E-state index contributed by atoms with van der Waals surface area (Å²) in [4.78, 5) is 2.37. The molecule has 0 amide bonds. The van der Waals surface area contributed by atoms with E-state index in [0.717, 1.165) is 68.6 Å². The zero-order valence-electron chi connectivity index (χ0n) is 14.2. The lowest BCUT2D eigenvalue weighted by Crippen LogP contribution is -2.46. The number of fused-ring (bicyclic) bond motifs is 1. The average molecular weight is 350 g/mol. The predicted octanol–water partition coefficient (Wildman–Crippen LogP) is 2.82. The first kappa shape index (κ1) is 16.2. The summed E-state index contributed by atoms with van der Waals surface area (Å²) in [6, 6.07) is 6.49. The molecule has 0 aromatic heterocycles. The second-order valence-electron chi connectivity index (χ2n) is 7.29. The quantitative estimate of drug-likeness (QED) is 0.909. The molecule has 1 saturated carbocycles. The van der Waals surface area contributed by atoms with Gasteiger partial charge in [0.1, 0.15) is 0 Å². The summed E-state index contributed by atoms with van der Waals surface area (Å²) in [7, 11) is -3.46. The van der Waals surface area contributed by atoms with Crippen molar-refractivity contribution in [3.63, 3.8) is 0 Å². The highest BCUT2D eigenvalue weighted by molar-refractivity contribution is 7.90. The minimum Gasteiger partial charge on any atom is -0.371 e. The van der Waals surface area contributed by atoms with Gasteiger partial charge < -0.3 is 4.90 Å². The van der Waals surface area contributed by atoms with Gasteiger partial charge in [-0.05, 0) is 56.2 Å². The Balaban J connectivity index is 1.62. The van der Waals surface area contributed by atoms with Crippen LogP contribution in [0.5, 0.6) is 0 Å². The summed E-state index contributed by atoms with van der Waals surface area (Å²) < 4.78 is 30.4. The van der Waals surface area contributed by atoms with Gasteiger partial charge in [0.05, 0.1) is 5.69 Å². The average Bonchev–Trinajstić information content (AvgIpc) is 3.27. The van der Waals surface area contributed by atoms with Gasteiger partial charge in [-0.1, -0.05) is 18.9 Å². The van der Waals surface area contributed by atoms with E-state index in [-0.39, 0.29) is 6.04 Å². The predicted molar refractivity (Wildman–Crippen MR) is 97.9 cm³/mol. The highest BCUT2D eigenvalue weighted by Gasteiger charge is 2.31. The van der Waals surface area contributed by atoms with Gasteiger partial charge in [0.15, 0.2) is 0 Å². The molecule has 1 aromatic rings. The monoisotopic (exact) mass is 349 g/mol. The number of nitrogens with zero attached hydrogens (tertiary/aromatic N) is 2. The van der Waals surface area contributed by atoms with Gasteiger partial charge >= 0.3 is 10.2 Å². The van der Waals surface area contributed by atoms with E-state index in [1.54, 1.807) is 4.31 Å². The fourth-order valence-corrected chi connectivity index (χ4v) is 5.85. The fraction of sp³-hybridized carbons (Fsp3) is 0.667. The maximum absolute atomic E-state index is 12.9. The largest absolute Gasteiger partial charge is 0.371 e. The van der Waals surface area contributed by atoms with Crippen molar-refractivity contribution in [2.75, 3.05) is 28.8 Å². The van der Waals surface area contributed by atoms with Crippen LogP contribution >= 0.6 is 0 Å². The van der Waals surface area contributed by atoms with E-state index in [9.17, 15) is 8.42 Å². The first-order valence-electron chi connectivity index (χ1n) is 9.31. The molecule has 2 aliphatic heterocycles. The van der Waals surface area contributed by atoms with Crippen LogP contribution in [0.1, 0.15) is 50.5 Å². The molecule has 1 aliphatic carbocycles. The van der Waals surface area contributed by atoms with Crippen molar-refractivity contribution >= 4 is 21.6 Å². The van der Waals surface area contributed by atoms with Crippen LogP contribution in [-0.4, -0.2) is 34.1 Å². The molecule has 0 spiro atoms. The van der Waals surface area contributed by atoms with Gasteiger partial charge in [-0.15, -0.1) is 0 Å². The lowest BCUT2D eigenvalue weighted by Gasteiger charge is -2.32. The smallest absolute Gasteiger partial charge is 0.301 e. The molecule has 2 fully saturated rings. The van der Waals surface area contributed by atoms with E-state index in [4.69, 9.17) is 0 Å². The molecule has 1 aromatic carbocycles. The highest BCUT2D eigenvalue weighted by atomic mass is 32.2. The Morgan fingerprint density at radius 1 is 0.958 bits per heavy atom. The molecule has 3 aliphatic rings. The summed E-state index contributed by atoms with van der Waals surface area (Å²) in [5, 5.41) is 0. The second-order valence-corrected chi connectivity index (χ2v) is 8.91. The molecular weight excluding hydrogens is 322 g/mol. The fourth-order valence-electron chi connectivity index (χ4n) is 4.27. The lowest BCUT2D eigenvalue weighted by atomic mass is 10.0. The van der Waals surface area contributed by atoms with E-state index in [0.29, 0.717) is 6.54 Å². The molecule has 1 N–H and O–H groups in total. The summed E-state index contributed by atoms with van der Waals surface area (Å²) in [5.41, 5.74) is 3.20. The first-order chi connectivity index (χ1) is 11.6. The van der Waals surface area contributed by atoms with Crippen molar-refractivity contribution in [3.05, 3.63) is 23.8 Å². The number of nitrogens with one attached hydrogen (secondary N) is 1. The van der Waals surface area contributed by atoms with Crippen molar-refractivity contribution < 1.29 is 8.42 Å². The highest BCUT2D eigenvalue weighted by Crippen LogP contribution is 2.34. The first-order valence-corrected chi connectivity index (χ1v) is 10.8. The van der Waals surface area contributed by atoms with Gasteiger partial charge in [0, 0.05) is 31.4 Å². The van der Waals surface area contributed by atoms with Crippen molar-refractivity contribution in [1.29, 1.82) is 0 Å². The Kier molecular flexibility index (Phi) is 4.43. The van der Waals surface area contributed by atoms with Crippen LogP contribution in [0.4, 0.5) is 11.4 Å². The van der Waals surface area contributed by atoms with Crippen LogP contribution in [0.2, 0.25) is 0 Å². The summed E-state index contributed by atoms with van der Waals surface area (Å²) in [6.45, 7) is 2.73. The van der Waals surface area contributed by atoms with Gasteiger partial charge in [-0.3, -0.25) is 4.31 Å².